The van der Waals surface area contributed by atoms with Crippen LogP contribution in [0.25, 0.3) is 23.0 Å². The number of aliphatic hydroxyl groups is 1. The number of primary amides is 1. The van der Waals surface area contributed by atoms with Crippen molar-refractivity contribution in [3.63, 3.8) is 0 Å². The monoisotopic (exact) mass is 418 g/mol. The highest BCUT2D eigenvalue weighted by atomic mass is 19.4. The van der Waals surface area contributed by atoms with Crippen molar-refractivity contribution < 1.29 is 23.1 Å². The molecule has 1 amide bonds. The fourth-order valence-corrected chi connectivity index (χ4v) is 3.17. The van der Waals surface area contributed by atoms with Gasteiger partial charge in [-0.3, -0.25) is 9.20 Å². The smallest absolute Gasteiger partial charge is 0.390 e. The van der Waals surface area contributed by atoms with Gasteiger partial charge in [-0.05, 0) is 36.2 Å². The van der Waals surface area contributed by atoms with Crippen LogP contribution in [0.4, 0.5) is 18.9 Å². The number of alkyl halides is 3. The number of pyridine rings is 1. The van der Waals surface area contributed by atoms with Gasteiger partial charge in [-0.15, -0.1) is 0 Å². The number of nitrogens with one attached hydrogen (secondary N) is 1. The summed E-state index contributed by atoms with van der Waals surface area (Å²) in [5.74, 6) is -0.523. The molecule has 158 valence electrons. The summed E-state index contributed by atoms with van der Waals surface area (Å²) in [6, 6.07) is 6.85. The van der Waals surface area contributed by atoms with E-state index in [4.69, 9.17) is 10.8 Å². The summed E-state index contributed by atoms with van der Waals surface area (Å²) in [4.78, 5) is 15.9. The number of halogens is 3. The van der Waals surface area contributed by atoms with E-state index in [9.17, 15) is 18.0 Å². The molecule has 2 heterocycles. The molecular formula is C21H21F3N4O2. The second kappa shape index (κ2) is 8.58. The molecule has 0 fully saturated rings. The summed E-state index contributed by atoms with van der Waals surface area (Å²) >= 11 is 0. The van der Waals surface area contributed by atoms with Crippen LogP contribution in [0.2, 0.25) is 0 Å². The van der Waals surface area contributed by atoms with Crippen molar-refractivity contribution in [2.45, 2.75) is 19.5 Å². The van der Waals surface area contributed by atoms with Crippen LogP contribution in [-0.2, 0) is 0 Å². The Bertz CT molecular complexity index is 1100. The third-order valence-electron chi connectivity index (χ3n) is 4.55. The van der Waals surface area contributed by atoms with E-state index >= 15 is 0 Å². The van der Waals surface area contributed by atoms with Gasteiger partial charge < -0.3 is 16.2 Å². The lowest BCUT2D eigenvalue weighted by atomic mass is 10.0. The molecule has 0 saturated carbocycles. The van der Waals surface area contributed by atoms with Gasteiger partial charge >= 0.3 is 6.18 Å². The minimum atomic E-state index is -4.27. The second-order valence-electron chi connectivity index (χ2n) is 6.80. The van der Waals surface area contributed by atoms with E-state index in [-0.39, 0.29) is 13.2 Å². The number of fused-ring (bicyclic) bond motifs is 1. The average Bonchev–Trinajstić information content (AvgIpc) is 3.09. The van der Waals surface area contributed by atoms with E-state index in [1.54, 1.807) is 54.1 Å². The highest BCUT2D eigenvalue weighted by molar-refractivity contribution is 5.95. The van der Waals surface area contributed by atoms with E-state index in [1.165, 1.54) is 6.08 Å². The van der Waals surface area contributed by atoms with Crippen LogP contribution in [-0.4, -0.2) is 39.7 Å². The number of carbonyl (C=O) groups is 1. The van der Waals surface area contributed by atoms with Crippen molar-refractivity contribution in [1.82, 2.24) is 9.38 Å². The zero-order valence-electron chi connectivity index (χ0n) is 16.2. The third-order valence-corrected chi connectivity index (χ3v) is 4.55. The molecule has 0 radical (unpaired) electrons. The van der Waals surface area contributed by atoms with E-state index in [0.29, 0.717) is 33.7 Å². The van der Waals surface area contributed by atoms with Gasteiger partial charge in [-0.25, -0.2) is 4.98 Å². The summed E-state index contributed by atoms with van der Waals surface area (Å²) in [7, 11) is 0. The fourth-order valence-electron chi connectivity index (χ4n) is 3.17. The summed E-state index contributed by atoms with van der Waals surface area (Å²) in [6.45, 7) is 1.31. The predicted octanol–water partition coefficient (Wildman–Crippen LogP) is 3.78. The Balaban J connectivity index is 2.06. The number of hydrogen-bond donors (Lipinski definition) is 3. The highest BCUT2D eigenvalue weighted by Gasteiger charge is 2.26. The molecule has 3 rings (SSSR count). The van der Waals surface area contributed by atoms with Crippen LogP contribution in [0.15, 0.2) is 42.7 Å². The van der Waals surface area contributed by atoms with Crippen LogP contribution >= 0.6 is 0 Å². The van der Waals surface area contributed by atoms with Crippen LogP contribution < -0.4 is 11.1 Å². The molecule has 3 aromatic rings. The quantitative estimate of drug-likeness (QED) is 0.545. The first-order valence-corrected chi connectivity index (χ1v) is 9.19. The Morgan fingerprint density at radius 2 is 2.10 bits per heavy atom. The van der Waals surface area contributed by atoms with Gasteiger partial charge in [0.15, 0.2) is 5.65 Å². The largest absolute Gasteiger partial charge is 0.392 e. The zero-order valence-corrected chi connectivity index (χ0v) is 16.2. The maximum Gasteiger partial charge on any atom is 0.390 e. The number of amides is 1. The molecular weight excluding hydrogens is 397 g/mol. The number of benzene rings is 1. The maximum absolute atomic E-state index is 12.5. The Kier molecular flexibility index (Phi) is 6.12. The average molecular weight is 418 g/mol. The molecule has 9 heteroatoms. The lowest BCUT2D eigenvalue weighted by Crippen LogP contribution is -2.15. The van der Waals surface area contributed by atoms with Gasteiger partial charge in [-0.1, -0.05) is 18.2 Å². The minimum Gasteiger partial charge on any atom is -0.392 e. The maximum atomic E-state index is 12.5. The number of anilines is 1. The Hall–Kier alpha value is -3.33. The number of aryl methyl sites for hydroxylation is 1. The molecule has 4 N–H and O–H groups in total. The van der Waals surface area contributed by atoms with Crippen LogP contribution in [0, 0.1) is 6.92 Å². The van der Waals surface area contributed by atoms with Crippen molar-refractivity contribution in [3.8, 4) is 11.3 Å². The molecule has 0 aliphatic carbocycles. The molecule has 30 heavy (non-hydrogen) atoms. The van der Waals surface area contributed by atoms with Gasteiger partial charge in [0, 0.05) is 23.9 Å². The number of nitrogens with zero attached hydrogens (tertiary/aromatic N) is 2. The molecule has 0 aliphatic heterocycles. The van der Waals surface area contributed by atoms with Crippen molar-refractivity contribution in [2.75, 3.05) is 18.5 Å². The van der Waals surface area contributed by atoms with E-state index < -0.39 is 18.5 Å². The molecule has 0 aliphatic rings. The molecule has 0 atom stereocenters. The van der Waals surface area contributed by atoms with E-state index in [2.05, 4.69) is 10.3 Å². The van der Waals surface area contributed by atoms with Crippen molar-refractivity contribution in [2.24, 2.45) is 5.73 Å². The lowest BCUT2D eigenvalue weighted by Gasteiger charge is -2.12. The molecule has 1 aromatic carbocycles. The molecule has 2 aromatic heterocycles. The fraction of sp³-hybridized carbons (Fsp3) is 0.238. The van der Waals surface area contributed by atoms with Crippen molar-refractivity contribution >= 4 is 23.3 Å². The topological polar surface area (TPSA) is 92.7 Å². The standard InChI is InChI=1S/C21H21F3N4O2/c1-13-9-15(4-5-16(13)19(25)30)18-11-27-20-17(26-7-6-21(22,23)24)10-14(3-2-8-29)12-28(18)20/h2-5,9-12,26,29H,6-8H2,1H3,(H2,25,30)/b3-2-. The SMILES string of the molecule is Cc1cc(-c2cnc3c(NCCC(F)(F)F)cc(/C=C\CO)cn23)ccc1C(N)=O. The van der Waals surface area contributed by atoms with Crippen LogP contribution in [0.1, 0.15) is 27.9 Å². The Morgan fingerprint density at radius 1 is 1.33 bits per heavy atom. The van der Waals surface area contributed by atoms with Gasteiger partial charge in [0.2, 0.25) is 5.91 Å². The van der Waals surface area contributed by atoms with Crippen molar-refractivity contribution in [1.29, 1.82) is 0 Å². The molecule has 0 spiro atoms. The first-order valence-electron chi connectivity index (χ1n) is 9.19. The lowest BCUT2D eigenvalue weighted by molar-refractivity contribution is -0.131. The van der Waals surface area contributed by atoms with E-state index in [1.807, 2.05) is 0 Å². The molecule has 0 bridgehead atoms. The number of rotatable bonds is 7. The first-order chi connectivity index (χ1) is 14.2. The normalized spacial score (nSPS) is 12.0. The van der Waals surface area contributed by atoms with Crippen LogP contribution in [0.5, 0.6) is 0 Å². The molecule has 0 unspecified atom stereocenters. The first kappa shape index (κ1) is 21.4. The second-order valence-corrected chi connectivity index (χ2v) is 6.80. The van der Waals surface area contributed by atoms with Gasteiger partial charge in [0.05, 0.1) is 30.6 Å². The summed E-state index contributed by atoms with van der Waals surface area (Å²) in [5.41, 5.74) is 9.53. The number of hydrogen-bond acceptors (Lipinski definition) is 4. The number of nitrogens with two attached hydrogens (primary N) is 1. The molecule has 6 nitrogen and oxygen atoms in total. The van der Waals surface area contributed by atoms with Crippen LogP contribution in [0.3, 0.4) is 0 Å². The number of imidazole rings is 1. The minimum absolute atomic E-state index is 0.167. The van der Waals surface area contributed by atoms with Gasteiger partial charge in [0.25, 0.3) is 0 Å². The number of aliphatic hydroxyl groups excluding tert-OH is 1. The summed E-state index contributed by atoms with van der Waals surface area (Å²) in [5, 5.41) is 11.9. The Labute approximate surface area is 170 Å². The Morgan fingerprint density at radius 3 is 2.73 bits per heavy atom. The molecule has 0 saturated heterocycles. The zero-order chi connectivity index (χ0) is 21.9. The van der Waals surface area contributed by atoms with Crippen molar-refractivity contribution in [3.05, 3.63) is 59.4 Å². The summed E-state index contributed by atoms with van der Waals surface area (Å²) < 4.78 is 39.4. The highest BCUT2D eigenvalue weighted by Crippen LogP contribution is 2.28. The van der Waals surface area contributed by atoms with Gasteiger partial charge in [-0.2, -0.15) is 13.2 Å². The van der Waals surface area contributed by atoms with Gasteiger partial charge in [0.1, 0.15) is 0 Å². The predicted molar refractivity (Wildman–Crippen MR) is 109 cm³/mol. The number of carbonyl (C=O) groups excluding carboxylic acids is 1. The third kappa shape index (κ3) is 4.80. The van der Waals surface area contributed by atoms with E-state index in [0.717, 1.165) is 5.56 Å². The summed E-state index contributed by atoms with van der Waals surface area (Å²) in [6.07, 6.45) is 1.34. The number of aromatic nitrogens is 2.